The van der Waals surface area contributed by atoms with E-state index in [2.05, 4.69) is 109 Å². The standard InChI is InChI=1S/C35H25BO2/c37-36(38)28-19-21-32-31-20-18-25(30-17-9-11-24-10-7-8-16-29(24)30)22-33(31)35(34(32)23-28,26-12-3-1-4-13-26)27-14-5-2-6-15-27/h1-23,37-38H. The van der Waals surface area contributed by atoms with E-state index in [-0.39, 0.29) is 0 Å². The van der Waals surface area contributed by atoms with Crippen LogP contribution >= 0.6 is 0 Å². The summed E-state index contributed by atoms with van der Waals surface area (Å²) >= 11 is 0. The second-order valence-electron chi connectivity index (χ2n) is 9.95. The summed E-state index contributed by atoms with van der Waals surface area (Å²) in [4.78, 5) is 0. The van der Waals surface area contributed by atoms with Crippen LogP contribution in [-0.4, -0.2) is 17.2 Å². The predicted octanol–water partition coefficient (Wildman–Crippen LogP) is 6.55. The summed E-state index contributed by atoms with van der Waals surface area (Å²) in [5.41, 5.74) is 9.05. The van der Waals surface area contributed by atoms with Gasteiger partial charge in [0.05, 0.1) is 5.41 Å². The fraction of sp³-hybridized carbons (Fsp3) is 0.0286. The minimum Gasteiger partial charge on any atom is -0.423 e. The van der Waals surface area contributed by atoms with E-state index in [0.29, 0.717) is 5.46 Å². The molecule has 0 fully saturated rings. The van der Waals surface area contributed by atoms with Gasteiger partial charge in [0.2, 0.25) is 0 Å². The number of rotatable bonds is 4. The lowest BCUT2D eigenvalue weighted by Gasteiger charge is -2.34. The Labute approximate surface area is 222 Å². The fourth-order valence-corrected chi connectivity index (χ4v) is 6.31. The van der Waals surface area contributed by atoms with Gasteiger partial charge in [-0.3, -0.25) is 0 Å². The fourth-order valence-electron chi connectivity index (χ4n) is 6.31. The molecule has 0 spiro atoms. The van der Waals surface area contributed by atoms with Gasteiger partial charge in [0, 0.05) is 0 Å². The molecule has 0 unspecified atom stereocenters. The van der Waals surface area contributed by atoms with Gasteiger partial charge in [-0.05, 0) is 66.8 Å². The Kier molecular flexibility index (Phi) is 5.29. The highest BCUT2D eigenvalue weighted by atomic mass is 16.4. The van der Waals surface area contributed by atoms with Crippen LogP contribution in [0.25, 0.3) is 33.0 Å². The molecule has 0 atom stereocenters. The van der Waals surface area contributed by atoms with Crippen molar-refractivity contribution in [1.29, 1.82) is 0 Å². The predicted molar refractivity (Wildman–Crippen MR) is 157 cm³/mol. The average Bonchev–Trinajstić information content (AvgIpc) is 3.27. The molecule has 1 aliphatic carbocycles. The topological polar surface area (TPSA) is 40.5 Å². The summed E-state index contributed by atoms with van der Waals surface area (Å²) in [6, 6.07) is 48.7. The second-order valence-corrected chi connectivity index (χ2v) is 9.95. The number of hydrogen-bond donors (Lipinski definition) is 2. The van der Waals surface area contributed by atoms with E-state index in [9.17, 15) is 10.0 Å². The Balaban J connectivity index is 1.60. The monoisotopic (exact) mass is 488 g/mol. The molecule has 38 heavy (non-hydrogen) atoms. The minimum atomic E-state index is -1.54. The molecular weight excluding hydrogens is 463 g/mol. The normalized spacial score (nSPS) is 13.2. The summed E-state index contributed by atoms with van der Waals surface area (Å²) < 4.78 is 0. The van der Waals surface area contributed by atoms with Crippen molar-refractivity contribution in [1.82, 2.24) is 0 Å². The van der Waals surface area contributed by atoms with Gasteiger partial charge < -0.3 is 10.0 Å². The minimum absolute atomic E-state index is 0.488. The van der Waals surface area contributed by atoms with Crippen molar-refractivity contribution in [2.24, 2.45) is 0 Å². The molecule has 0 radical (unpaired) electrons. The third kappa shape index (κ3) is 3.30. The Hall–Kier alpha value is -4.44. The molecule has 1 aliphatic rings. The van der Waals surface area contributed by atoms with Gasteiger partial charge in [-0.2, -0.15) is 0 Å². The molecule has 0 aliphatic heterocycles. The highest BCUT2D eigenvalue weighted by Gasteiger charge is 2.46. The summed E-state index contributed by atoms with van der Waals surface area (Å²) in [6.07, 6.45) is 0. The molecule has 0 aromatic heterocycles. The molecule has 180 valence electrons. The van der Waals surface area contributed by atoms with Crippen LogP contribution in [0.5, 0.6) is 0 Å². The maximum atomic E-state index is 10.1. The zero-order valence-electron chi connectivity index (χ0n) is 20.8. The third-order valence-electron chi connectivity index (χ3n) is 7.97. The van der Waals surface area contributed by atoms with Crippen molar-refractivity contribution in [2.75, 3.05) is 0 Å². The van der Waals surface area contributed by atoms with Crippen LogP contribution in [0.1, 0.15) is 22.3 Å². The molecule has 2 nitrogen and oxygen atoms in total. The van der Waals surface area contributed by atoms with Gasteiger partial charge in [0.1, 0.15) is 0 Å². The van der Waals surface area contributed by atoms with E-state index in [1.807, 2.05) is 30.3 Å². The van der Waals surface area contributed by atoms with Gasteiger partial charge >= 0.3 is 7.12 Å². The highest BCUT2D eigenvalue weighted by molar-refractivity contribution is 6.58. The summed E-state index contributed by atoms with van der Waals surface area (Å²) in [5.74, 6) is 0. The first-order chi connectivity index (χ1) is 18.7. The van der Waals surface area contributed by atoms with Crippen LogP contribution in [0.4, 0.5) is 0 Å². The molecule has 7 rings (SSSR count). The van der Waals surface area contributed by atoms with Crippen molar-refractivity contribution >= 4 is 23.4 Å². The third-order valence-corrected chi connectivity index (χ3v) is 7.97. The van der Waals surface area contributed by atoms with E-state index in [1.54, 1.807) is 0 Å². The Morgan fingerprint density at radius 3 is 1.74 bits per heavy atom. The molecule has 6 aromatic carbocycles. The molecule has 3 heteroatoms. The SMILES string of the molecule is OB(O)c1ccc2c(c1)C(c1ccccc1)(c1ccccc1)c1cc(-c3cccc4ccccc34)ccc1-2. The molecule has 0 saturated heterocycles. The van der Waals surface area contributed by atoms with Crippen LogP contribution in [0.3, 0.4) is 0 Å². The zero-order valence-corrected chi connectivity index (χ0v) is 20.8. The van der Waals surface area contributed by atoms with Crippen molar-refractivity contribution in [3.63, 3.8) is 0 Å². The summed E-state index contributed by atoms with van der Waals surface area (Å²) in [5, 5.41) is 22.7. The molecule has 0 bridgehead atoms. The zero-order chi connectivity index (χ0) is 25.7. The van der Waals surface area contributed by atoms with E-state index < -0.39 is 12.5 Å². The Morgan fingerprint density at radius 2 is 1.05 bits per heavy atom. The van der Waals surface area contributed by atoms with Gasteiger partial charge in [-0.25, -0.2) is 0 Å². The lowest BCUT2D eigenvalue weighted by Crippen LogP contribution is -2.33. The highest BCUT2D eigenvalue weighted by Crippen LogP contribution is 2.56. The van der Waals surface area contributed by atoms with E-state index in [0.717, 1.165) is 33.4 Å². The largest absolute Gasteiger partial charge is 0.488 e. The first kappa shape index (κ1) is 22.7. The quantitative estimate of drug-likeness (QED) is 0.276. The van der Waals surface area contributed by atoms with Crippen molar-refractivity contribution in [2.45, 2.75) is 5.41 Å². The molecule has 2 N–H and O–H groups in total. The van der Waals surface area contributed by atoms with Crippen LogP contribution in [-0.2, 0) is 5.41 Å². The van der Waals surface area contributed by atoms with Gasteiger partial charge in [0.15, 0.2) is 0 Å². The number of benzene rings is 6. The molecule has 0 heterocycles. The van der Waals surface area contributed by atoms with Gasteiger partial charge in [-0.15, -0.1) is 0 Å². The van der Waals surface area contributed by atoms with Gasteiger partial charge in [0.25, 0.3) is 0 Å². The molecule has 6 aromatic rings. The molecular formula is C35H25BO2. The Bertz CT molecular complexity index is 1750. The van der Waals surface area contributed by atoms with E-state index in [1.165, 1.54) is 21.9 Å². The van der Waals surface area contributed by atoms with Crippen LogP contribution in [0.15, 0.2) is 140 Å². The average molecular weight is 488 g/mol. The number of fused-ring (bicyclic) bond motifs is 4. The Morgan fingerprint density at radius 1 is 0.474 bits per heavy atom. The summed E-state index contributed by atoms with van der Waals surface area (Å²) in [6.45, 7) is 0. The van der Waals surface area contributed by atoms with Crippen LogP contribution < -0.4 is 5.46 Å². The van der Waals surface area contributed by atoms with Crippen LogP contribution in [0, 0.1) is 0 Å². The van der Waals surface area contributed by atoms with Crippen molar-refractivity contribution in [3.8, 4) is 22.3 Å². The first-order valence-electron chi connectivity index (χ1n) is 12.9. The first-order valence-corrected chi connectivity index (χ1v) is 12.9. The second kappa shape index (κ2) is 8.85. The van der Waals surface area contributed by atoms with E-state index >= 15 is 0 Å². The van der Waals surface area contributed by atoms with Crippen LogP contribution in [0.2, 0.25) is 0 Å². The maximum Gasteiger partial charge on any atom is 0.488 e. The molecule has 0 saturated carbocycles. The van der Waals surface area contributed by atoms with Crippen molar-refractivity contribution in [3.05, 3.63) is 162 Å². The lowest BCUT2D eigenvalue weighted by atomic mass is 9.66. The van der Waals surface area contributed by atoms with Gasteiger partial charge in [-0.1, -0.05) is 133 Å². The van der Waals surface area contributed by atoms with Crippen molar-refractivity contribution < 1.29 is 10.0 Å². The lowest BCUT2D eigenvalue weighted by molar-refractivity contribution is 0.425. The number of hydrogen-bond acceptors (Lipinski definition) is 2. The molecule has 0 amide bonds. The van der Waals surface area contributed by atoms with E-state index in [4.69, 9.17) is 0 Å². The maximum absolute atomic E-state index is 10.1. The smallest absolute Gasteiger partial charge is 0.423 e. The summed E-state index contributed by atoms with van der Waals surface area (Å²) in [7, 11) is -1.54.